The second-order valence-corrected chi connectivity index (χ2v) is 5.88. The van der Waals surface area contributed by atoms with Crippen LogP contribution < -0.4 is 5.32 Å². The third kappa shape index (κ3) is 6.90. The van der Waals surface area contributed by atoms with Gasteiger partial charge in [0, 0.05) is 19.2 Å². The summed E-state index contributed by atoms with van der Waals surface area (Å²) in [5.41, 5.74) is 0. The van der Waals surface area contributed by atoms with E-state index in [0.29, 0.717) is 25.4 Å². The Morgan fingerprint density at radius 1 is 1.25 bits per heavy atom. The van der Waals surface area contributed by atoms with Gasteiger partial charge in [0.05, 0.1) is 12.7 Å². The molecule has 3 unspecified atom stereocenters. The lowest BCUT2D eigenvalue weighted by molar-refractivity contribution is -0.188. The van der Waals surface area contributed by atoms with Gasteiger partial charge in [0.2, 0.25) is 0 Å². The van der Waals surface area contributed by atoms with Crippen molar-refractivity contribution in [3.8, 4) is 0 Å². The summed E-state index contributed by atoms with van der Waals surface area (Å²) in [4.78, 5) is 0. The van der Waals surface area contributed by atoms with Crippen molar-refractivity contribution in [2.75, 3.05) is 20.3 Å². The molecule has 3 atom stereocenters. The highest BCUT2D eigenvalue weighted by Crippen LogP contribution is 2.25. The SMILES string of the molecule is COCC(NC1CCCC(OCC(F)(F)F)C1)C(C)C. The number of alkyl halides is 3. The van der Waals surface area contributed by atoms with Gasteiger partial charge >= 0.3 is 6.18 Å². The first kappa shape index (κ1) is 17.7. The Hall–Kier alpha value is -0.330. The summed E-state index contributed by atoms with van der Waals surface area (Å²) in [6.07, 6.45) is -1.29. The molecule has 0 aromatic rings. The van der Waals surface area contributed by atoms with E-state index in [0.717, 1.165) is 12.8 Å². The molecule has 1 fully saturated rings. The number of hydrogen-bond donors (Lipinski definition) is 1. The molecule has 3 nitrogen and oxygen atoms in total. The first-order valence-corrected chi connectivity index (χ1v) is 7.25. The maximum Gasteiger partial charge on any atom is 0.411 e. The maximum absolute atomic E-state index is 12.2. The van der Waals surface area contributed by atoms with E-state index in [1.165, 1.54) is 0 Å². The highest BCUT2D eigenvalue weighted by molar-refractivity contribution is 4.83. The van der Waals surface area contributed by atoms with Gasteiger partial charge in [-0.1, -0.05) is 13.8 Å². The number of halogens is 3. The van der Waals surface area contributed by atoms with Gasteiger partial charge in [-0.05, 0) is 31.6 Å². The van der Waals surface area contributed by atoms with Crippen LogP contribution in [0.15, 0.2) is 0 Å². The van der Waals surface area contributed by atoms with Crippen molar-refractivity contribution in [3.63, 3.8) is 0 Å². The van der Waals surface area contributed by atoms with Crippen molar-refractivity contribution in [1.82, 2.24) is 5.32 Å². The fourth-order valence-electron chi connectivity index (χ4n) is 2.58. The van der Waals surface area contributed by atoms with Crippen LogP contribution in [-0.2, 0) is 9.47 Å². The molecule has 120 valence electrons. The third-order valence-electron chi connectivity index (χ3n) is 3.71. The summed E-state index contributed by atoms with van der Waals surface area (Å²) in [6.45, 7) is 3.69. The van der Waals surface area contributed by atoms with Crippen LogP contribution in [0.5, 0.6) is 0 Å². The highest BCUT2D eigenvalue weighted by Gasteiger charge is 2.31. The van der Waals surface area contributed by atoms with Gasteiger partial charge in [-0.25, -0.2) is 0 Å². The van der Waals surface area contributed by atoms with Crippen LogP contribution in [0.1, 0.15) is 39.5 Å². The zero-order valence-electron chi connectivity index (χ0n) is 12.5. The van der Waals surface area contributed by atoms with Gasteiger partial charge in [-0.15, -0.1) is 0 Å². The van der Waals surface area contributed by atoms with Crippen molar-refractivity contribution in [3.05, 3.63) is 0 Å². The molecule has 0 spiro atoms. The van der Waals surface area contributed by atoms with Gasteiger partial charge in [0.1, 0.15) is 6.61 Å². The summed E-state index contributed by atoms with van der Waals surface area (Å²) in [5, 5.41) is 3.50. The van der Waals surface area contributed by atoms with Crippen LogP contribution in [0.3, 0.4) is 0 Å². The maximum atomic E-state index is 12.2. The molecule has 0 aliphatic heterocycles. The van der Waals surface area contributed by atoms with Gasteiger partial charge in [0.25, 0.3) is 0 Å². The molecule has 0 aromatic carbocycles. The number of nitrogens with one attached hydrogen (secondary N) is 1. The van der Waals surface area contributed by atoms with E-state index in [-0.39, 0.29) is 18.2 Å². The number of rotatable bonds is 7. The standard InChI is InChI=1S/C14H26F3NO2/c1-10(2)13(8-19-3)18-11-5-4-6-12(7-11)20-9-14(15,16)17/h10-13,18H,4-9H2,1-3H3. The third-order valence-corrected chi connectivity index (χ3v) is 3.71. The molecule has 0 saturated heterocycles. The van der Waals surface area contributed by atoms with Gasteiger partial charge in [-0.3, -0.25) is 0 Å². The molecule has 1 N–H and O–H groups in total. The highest BCUT2D eigenvalue weighted by atomic mass is 19.4. The minimum absolute atomic E-state index is 0.213. The van der Waals surface area contributed by atoms with Crippen LogP contribution in [0.25, 0.3) is 0 Å². The Bertz CT molecular complexity index is 272. The van der Waals surface area contributed by atoms with E-state index in [4.69, 9.17) is 9.47 Å². The first-order valence-electron chi connectivity index (χ1n) is 7.25. The summed E-state index contributed by atoms with van der Waals surface area (Å²) >= 11 is 0. The van der Waals surface area contributed by atoms with Crippen molar-refractivity contribution in [2.45, 2.75) is 63.9 Å². The first-order chi connectivity index (χ1) is 9.31. The molecular formula is C14H26F3NO2. The molecule has 1 aliphatic rings. The van der Waals surface area contributed by atoms with Crippen LogP contribution in [0.2, 0.25) is 0 Å². The Kier molecular flexibility index (Phi) is 7.26. The molecule has 20 heavy (non-hydrogen) atoms. The lowest BCUT2D eigenvalue weighted by Crippen LogP contribution is -2.47. The van der Waals surface area contributed by atoms with Crippen LogP contribution in [-0.4, -0.2) is 44.7 Å². The van der Waals surface area contributed by atoms with E-state index < -0.39 is 12.8 Å². The Labute approximate surface area is 119 Å². The van der Waals surface area contributed by atoms with E-state index in [9.17, 15) is 13.2 Å². The molecule has 1 aliphatic carbocycles. The normalized spacial score (nSPS) is 25.9. The quantitative estimate of drug-likeness (QED) is 0.783. The van der Waals surface area contributed by atoms with Crippen LogP contribution in [0, 0.1) is 5.92 Å². The molecular weight excluding hydrogens is 271 g/mol. The summed E-state index contributed by atoms with van der Waals surface area (Å²) < 4.78 is 46.7. The topological polar surface area (TPSA) is 30.5 Å². The minimum Gasteiger partial charge on any atom is -0.383 e. The largest absolute Gasteiger partial charge is 0.411 e. The Morgan fingerprint density at radius 2 is 1.95 bits per heavy atom. The fourth-order valence-corrected chi connectivity index (χ4v) is 2.58. The lowest BCUT2D eigenvalue weighted by Gasteiger charge is -2.34. The van der Waals surface area contributed by atoms with Crippen molar-refractivity contribution in [1.29, 1.82) is 0 Å². The molecule has 0 aromatic heterocycles. The molecule has 0 bridgehead atoms. The van der Waals surface area contributed by atoms with Gasteiger partial charge in [-0.2, -0.15) is 13.2 Å². The zero-order valence-corrected chi connectivity index (χ0v) is 12.5. The number of methoxy groups -OCH3 is 1. The Balaban J connectivity index is 2.39. The van der Waals surface area contributed by atoms with Crippen LogP contribution in [0.4, 0.5) is 13.2 Å². The summed E-state index contributed by atoms with van der Waals surface area (Å²) in [6, 6.07) is 0.441. The average Bonchev–Trinajstić information content (AvgIpc) is 2.35. The number of ether oxygens (including phenoxy) is 2. The second kappa shape index (κ2) is 8.20. The minimum atomic E-state index is -4.24. The monoisotopic (exact) mass is 297 g/mol. The van der Waals surface area contributed by atoms with E-state index in [1.54, 1.807) is 7.11 Å². The van der Waals surface area contributed by atoms with Crippen LogP contribution >= 0.6 is 0 Å². The lowest BCUT2D eigenvalue weighted by atomic mass is 9.91. The molecule has 0 heterocycles. The summed E-state index contributed by atoms with van der Waals surface area (Å²) in [5.74, 6) is 0.423. The molecule has 0 radical (unpaired) electrons. The molecule has 1 saturated carbocycles. The zero-order chi connectivity index (χ0) is 15.2. The van der Waals surface area contributed by atoms with Gasteiger partial charge < -0.3 is 14.8 Å². The second-order valence-electron chi connectivity index (χ2n) is 5.88. The molecule has 1 rings (SSSR count). The average molecular weight is 297 g/mol. The van der Waals surface area contributed by atoms with Crippen molar-refractivity contribution >= 4 is 0 Å². The number of hydrogen-bond acceptors (Lipinski definition) is 3. The van der Waals surface area contributed by atoms with Crippen molar-refractivity contribution in [2.24, 2.45) is 5.92 Å². The van der Waals surface area contributed by atoms with Crippen molar-refractivity contribution < 1.29 is 22.6 Å². The predicted molar refractivity (Wildman–Crippen MR) is 71.7 cm³/mol. The molecule has 6 heteroatoms. The van der Waals surface area contributed by atoms with E-state index in [1.807, 2.05) is 0 Å². The molecule has 0 amide bonds. The Morgan fingerprint density at radius 3 is 2.50 bits per heavy atom. The summed E-state index contributed by atoms with van der Waals surface area (Å²) in [7, 11) is 1.66. The van der Waals surface area contributed by atoms with E-state index >= 15 is 0 Å². The van der Waals surface area contributed by atoms with Gasteiger partial charge in [0.15, 0.2) is 0 Å². The van der Waals surface area contributed by atoms with E-state index in [2.05, 4.69) is 19.2 Å². The predicted octanol–water partition coefficient (Wildman–Crippen LogP) is 3.14. The smallest absolute Gasteiger partial charge is 0.383 e. The fraction of sp³-hybridized carbons (Fsp3) is 1.00.